The van der Waals surface area contributed by atoms with Crippen molar-refractivity contribution in [2.75, 3.05) is 36.5 Å². The van der Waals surface area contributed by atoms with Crippen molar-refractivity contribution >= 4 is 29.3 Å². The Morgan fingerprint density at radius 3 is 2.43 bits per heavy atom. The third-order valence-electron chi connectivity index (χ3n) is 4.22. The van der Waals surface area contributed by atoms with Gasteiger partial charge in [0, 0.05) is 30.8 Å². The van der Waals surface area contributed by atoms with Crippen molar-refractivity contribution in [2.45, 2.75) is 26.9 Å². The molecule has 1 N–H and O–H groups in total. The lowest BCUT2D eigenvalue weighted by Gasteiger charge is -2.28. The Morgan fingerprint density at radius 1 is 1.17 bits per heavy atom. The van der Waals surface area contributed by atoms with E-state index in [0.717, 1.165) is 6.20 Å². The minimum atomic E-state index is -4.83. The van der Waals surface area contributed by atoms with Crippen LogP contribution in [0.25, 0.3) is 11.4 Å². The molecule has 30 heavy (non-hydrogen) atoms. The number of morpholine rings is 1. The van der Waals surface area contributed by atoms with E-state index in [4.69, 9.17) is 16.3 Å². The highest BCUT2D eigenvalue weighted by Gasteiger charge is 2.38. The molecule has 3 rings (SSSR count). The largest absolute Gasteiger partial charge is 0.434 e. The number of nitrogens with zero attached hydrogens (tertiary/aromatic N) is 5. The lowest BCUT2D eigenvalue weighted by atomic mass is 9.96. The van der Waals surface area contributed by atoms with Crippen LogP contribution in [-0.2, 0) is 15.7 Å². The molecule has 0 aromatic carbocycles. The molecule has 1 amide bonds. The van der Waals surface area contributed by atoms with Gasteiger partial charge in [-0.05, 0) is 0 Å². The summed E-state index contributed by atoms with van der Waals surface area (Å²) in [6.45, 7) is 6.84. The Hall–Kier alpha value is -2.53. The molecule has 1 saturated heterocycles. The van der Waals surface area contributed by atoms with E-state index in [1.165, 1.54) is 6.07 Å². The molecule has 0 radical (unpaired) electrons. The zero-order valence-electron chi connectivity index (χ0n) is 16.5. The SMILES string of the molecule is CC(C)(C)C(=O)Nc1ncc(-c2nc(Cl)cc(N3CCOCC3)n2)c(C(F)(F)F)n1. The zero-order chi connectivity index (χ0) is 22.1. The second kappa shape index (κ2) is 8.31. The predicted molar refractivity (Wildman–Crippen MR) is 104 cm³/mol. The molecular formula is C18H20ClF3N6O2. The molecular weight excluding hydrogens is 425 g/mol. The van der Waals surface area contributed by atoms with Crippen LogP contribution in [0.5, 0.6) is 0 Å². The van der Waals surface area contributed by atoms with E-state index in [0.29, 0.717) is 32.1 Å². The summed E-state index contributed by atoms with van der Waals surface area (Å²) >= 11 is 6.05. The van der Waals surface area contributed by atoms with E-state index in [-0.39, 0.29) is 11.0 Å². The average molecular weight is 445 g/mol. The van der Waals surface area contributed by atoms with Crippen molar-refractivity contribution in [3.8, 4) is 11.4 Å². The minimum Gasteiger partial charge on any atom is -0.378 e. The van der Waals surface area contributed by atoms with Crippen molar-refractivity contribution in [1.29, 1.82) is 0 Å². The van der Waals surface area contributed by atoms with Gasteiger partial charge in [-0.2, -0.15) is 13.2 Å². The molecule has 0 unspecified atom stereocenters. The maximum Gasteiger partial charge on any atom is 0.434 e. The van der Waals surface area contributed by atoms with Gasteiger partial charge in [-0.1, -0.05) is 32.4 Å². The summed E-state index contributed by atoms with van der Waals surface area (Å²) in [5.74, 6) is -0.852. The van der Waals surface area contributed by atoms with E-state index < -0.39 is 34.7 Å². The first kappa shape index (κ1) is 22.2. The third kappa shape index (κ3) is 5.14. The standard InChI is InChI=1S/C18H20ClF3N6O2/c1-17(2,3)15(29)27-16-23-9-10(13(26-16)18(20,21)22)14-24-11(19)8-12(25-14)28-4-6-30-7-5-28/h8-9H,4-7H2,1-3H3,(H,23,26,27,29). The maximum atomic E-state index is 13.7. The van der Waals surface area contributed by atoms with Gasteiger partial charge in [0.2, 0.25) is 11.9 Å². The van der Waals surface area contributed by atoms with E-state index >= 15 is 0 Å². The average Bonchev–Trinajstić information content (AvgIpc) is 2.66. The van der Waals surface area contributed by atoms with Crippen molar-refractivity contribution in [1.82, 2.24) is 19.9 Å². The number of carbonyl (C=O) groups excluding carboxylic acids is 1. The number of alkyl halides is 3. The summed E-state index contributed by atoms with van der Waals surface area (Å²) in [4.78, 5) is 29.5. The van der Waals surface area contributed by atoms with E-state index in [9.17, 15) is 18.0 Å². The number of amides is 1. The first-order valence-corrected chi connectivity index (χ1v) is 9.46. The molecule has 1 aliphatic rings. The molecule has 2 aromatic rings. The summed E-state index contributed by atoms with van der Waals surface area (Å²) in [6.07, 6.45) is -3.90. The van der Waals surface area contributed by atoms with Crippen LogP contribution in [0.2, 0.25) is 5.15 Å². The van der Waals surface area contributed by atoms with Crippen LogP contribution in [0.15, 0.2) is 12.3 Å². The summed E-state index contributed by atoms with van der Waals surface area (Å²) in [5.41, 5.74) is -2.53. The van der Waals surface area contributed by atoms with Crippen LogP contribution in [0.1, 0.15) is 26.5 Å². The van der Waals surface area contributed by atoms with Gasteiger partial charge in [0.05, 0.1) is 18.8 Å². The van der Waals surface area contributed by atoms with E-state index in [2.05, 4.69) is 25.3 Å². The van der Waals surface area contributed by atoms with Crippen molar-refractivity contribution in [2.24, 2.45) is 5.41 Å². The second-order valence-electron chi connectivity index (χ2n) is 7.63. The number of ether oxygens (including phenoxy) is 1. The van der Waals surface area contributed by atoms with Crippen LogP contribution in [0, 0.1) is 5.41 Å². The molecule has 3 heterocycles. The van der Waals surface area contributed by atoms with Gasteiger partial charge in [0.1, 0.15) is 11.0 Å². The van der Waals surface area contributed by atoms with Gasteiger partial charge in [0.25, 0.3) is 0 Å². The molecule has 162 valence electrons. The van der Waals surface area contributed by atoms with E-state index in [1.54, 1.807) is 20.8 Å². The van der Waals surface area contributed by atoms with Crippen LogP contribution >= 0.6 is 11.6 Å². The van der Waals surface area contributed by atoms with Crippen molar-refractivity contribution in [3.05, 3.63) is 23.1 Å². The molecule has 0 bridgehead atoms. The fourth-order valence-corrected chi connectivity index (χ4v) is 2.77. The van der Waals surface area contributed by atoms with Crippen LogP contribution in [-0.4, -0.2) is 52.1 Å². The topological polar surface area (TPSA) is 93.1 Å². The zero-order valence-corrected chi connectivity index (χ0v) is 17.3. The highest BCUT2D eigenvalue weighted by atomic mass is 35.5. The predicted octanol–water partition coefficient (Wildman–Crippen LogP) is 3.43. The number of anilines is 2. The lowest BCUT2D eigenvalue weighted by Crippen LogP contribution is -2.36. The van der Waals surface area contributed by atoms with Crippen LogP contribution in [0.4, 0.5) is 24.9 Å². The monoisotopic (exact) mass is 444 g/mol. The van der Waals surface area contributed by atoms with Gasteiger partial charge in [-0.3, -0.25) is 10.1 Å². The number of carbonyl (C=O) groups is 1. The minimum absolute atomic E-state index is 0.0141. The summed E-state index contributed by atoms with van der Waals surface area (Å²) in [7, 11) is 0. The smallest absolute Gasteiger partial charge is 0.378 e. The number of hydrogen-bond donors (Lipinski definition) is 1. The molecule has 0 saturated carbocycles. The van der Waals surface area contributed by atoms with Gasteiger partial charge in [-0.15, -0.1) is 0 Å². The Kier molecular flexibility index (Phi) is 6.14. The normalized spacial score (nSPS) is 15.2. The highest BCUT2D eigenvalue weighted by molar-refractivity contribution is 6.29. The number of hydrogen-bond acceptors (Lipinski definition) is 7. The second-order valence-corrected chi connectivity index (χ2v) is 8.02. The quantitative estimate of drug-likeness (QED) is 0.725. The Morgan fingerprint density at radius 2 is 1.83 bits per heavy atom. The fourth-order valence-electron chi connectivity index (χ4n) is 2.59. The third-order valence-corrected chi connectivity index (χ3v) is 4.41. The molecule has 8 nitrogen and oxygen atoms in total. The number of nitrogens with one attached hydrogen (secondary N) is 1. The number of halogens is 4. The van der Waals surface area contributed by atoms with Gasteiger partial charge >= 0.3 is 6.18 Å². The fraction of sp³-hybridized carbons (Fsp3) is 0.500. The summed E-state index contributed by atoms with van der Waals surface area (Å²) < 4.78 is 46.4. The Labute approximate surface area is 175 Å². The molecule has 0 aliphatic carbocycles. The Bertz CT molecular complexity index is 942. The lowest BCUT2D eigenvalue weighted by molar-refractivity contribution is -0.140. The van der Waals surface area contributed by atoms with Gasteiger partial charge < -0.3 is 9.64 Å². The number of aromatic nitrogens is 4. The van der Waals surface area contributed by atoms with Crippen molar-refractivity contribution in [3.63, 3.8) is 0 Å². The molecule has 1 aliphatic heterocycles. The van der Waals surface area contributed by atoms with Crippen LogP contribution in [0.3, 0.4) is 0 Å². The molecule has 0 spiro atoms. The van der Waals surface area contributed by atoms with Gasteiger partial charge in [0.15, 0.2) is 11.5 Å². The van der Waals surface area contributed by atoms with Gasteiger partial charge in [-0.25, -0.2) is 19.9 Å². The Balaban J connectivity index is 2.03. The summed E-state index contributed by atoms with van der Waals surface area (Å²) in [5, 5.41) is 2.28. The summed E-state index contributed by atoms with van der Waals surface area (Å²) in [6, 6.07) is 1.47. The molecule has 0 atom stereocenters. The van der Waals surface area contributed by atoms with Crippen molar-refractivity contribution < 1.29 is 22.7 Å². The highest BCUT2D eigenvalue weighted by Crippen LogP contribution is 2.36. The molecule has 1 fully saturated rings. The van der Waals surface area contributed by atoms with Crippen LogP contribution < -0.4 is 10.2 Å². The first-order chi connectivity index (χ1) is 13.9. The van der Waals surface area contributed by atoms with E-state index in [1.807, 2.05) is 4.90 Å². The molecule has 2 aromatic heterocycles. The molecule has 12 heteroatoms. The maximum absolute atomic E-state index is 13.7. The number of rotatable bonds is 3. The first-order valence-electron chi connectivity index (χ1n) is 9.08.